The van der Waals surface area contributed by atoms with Crippen LogP contribution in [0.15, 0.2) is 41.1 Å². The summed E-state index contributed by atoms with van der Waals surface area (Å²) in [5.41, 5.74) is 1.39. The molecule has 1 fully saturated rings. The van der Waals surface area contributed by atoms with Gasteiger partial charge in [0.1, 0.15) is 12.0 Å². The average molecular weight is 362 g/mol. The minimum atomic E-state index is -0.379. The topological polar surface area (TPSA) is 84.2 Å². The van der Waals surface area contributed by atoms with Gasteiger partial charge in [0.25, 0.3) is 0 Å². The zero-order chi connectivity index (χ0) is 17.7. The van der Waals surface area contributed by atoms with Crippen molar-refractivity contribution >= 4 is 23.4 Å². The van der Waals surface area contributed by atoms with Gasteiger partial charge in [-0.25, -0.2) is 0 Å². The van der Waals surface area contributed by atoms with Crippen LogP contribution in [0.1, 0.15) is 36.9 Å². The Morgan fingerprint density at radius 3 is 2.76 bits per heavy atom. The van der Waals surface area contributed by atoms with E-state index in [0.717, 1.165) is 12.0 Å². The smallest absolute Gasteiger partial charge is 0.220 e. The van der Waals surface area contributed by atoms with Crippen LogP contribution in [0.2, 0.25) is 5.02 Å². The van der Waals surface area contributed by atoms with Crippen LogP contribution < -0.4 is 10.6 Å². The molecule has 25 heavy (non-hydrogen) atoms. The van der Waals surface area contributed by atoms with Gasteiger partial charge in [-0.15, -0.1) is 0 Å². The average Bonchev–Trinajstić information content (AvgIpc) is 3.24. The Morgan fingerprint density at radius 2 is 2.12 bits per heavy atom. The lowest BCUT2D eigenvalue weighted by molar-refractivity contribution is -0.122. The van der Waals surface area contributed by atoms with Gasteiger partial charge in [0.15, 0.2) is 0 Å². The summed E-state index contributed by atoms with van der Waals surface area (Å²) in [6, 6.07) is 9.30. The first-order valence-corrected chi connectivity index (χ1v) is 8.64. The summed E-state index contributed by atoms with van der Waals surface area (Å²) >= 11 is 5.93. The fraction of sp³-hybridized carbons (Fsp3) is 0.389. The molecular weight excluding hydrogens is 342 g/mol. The third-order valence-corrected chi connectivity index (χ3v) is 4.73. The fourth-order valence-corrected chi connectivity index (χ4v) is 3.26. The van der Waals surface area contributed by atoms with Crippen molar-refractivity contribution in [1.29, 1.82) is 0 Å². The first kappa shape index (κ1) is 17.5. The maximum absolute atomic E-state index is 12.1. The molecule has 1 unspecified atom stereocenters. The van der Waals surface area contributed by atoms with Gasteiger partial charge >= 0.3 is 0 Å². The number of carbonyl (C=O) groups is 2. The van der Waals surface area contributed by atoms with E-state index in [1.54, 1.807) is 6.07 Å². The molecule has 2 amide bonds. The lowest BCUT2D eigenvalue weighted by Gasteiger charge is -2.29. The Hall–Kier alpha value is -2.34. The molecule has 2 heterocycles. The second kappa shape index (κ2) is 7.70. The molecular formula is C18H20ClN3O3. The van der Waals surface area contributed by atoms with E-state index in [0.29, 0.717) is 42.9 Å². The Labute approximate surface area is 150 Å². The molecule has 0 aliphatic carbocycles. The monoisotopic (exact) mass is 361 g/mol. The van der Waals surface area contributed by atoms with Gasteiger partial charge in [0.05, 0.1) is 6.54 Å². The van der Waals surface area contributed by atoms with Crippen molar-refractivity contribution in [3.63, 3.8) is 0 Å². The highest BCUT2D eigenvalue weighted by Crippen LogP contribution is 2.30. The van der Waals surface area contributed by atoms with Crippen LogP contribution in [0.25, 0.3) is 0 Å². The number of rotatable bonds is 7. The molecule has 3 rings (SSSR count). The summed E-state index contributed by atoms with van der Waals surface area (Å²) in [7, 11) is 0. The van der Waals surface area contributed by atoms with E-state index in [9.17, 15) is 9.59 Å². The number of hydrogen-bond acceptors (Lipinski definition) is 4. The normalized spacial score (nSPS) is 19.6. The fourth-order valence-electron chi connectivity index (χ4n) is 3.13. The van der Waals surface area contributed by atoms with E-state index in [4.69, 9.17) is 16.1 Å². The standard InChI is InChI=1S/C18H20ClN3O3/c19-14-3-1-13(2-4-14)11-18(9-6-17(24)21-18)8-5-16(23)20-12-15-7-10-25-22-15/h1-4,7,10H,5-6,8-9,11-12H2,(H,20,23)(H,21,24). The number of halogens is 1. The van der Waals surface area contributed by atoms with Crippen molar-refractivity contribution in [2.24, 2.45) is 0 Å². The maximum atomic E-state index is 12.1. The highest BCUT2D eigenvalue weighted by molar-refractivity contribution is 6.30. The van der Waals surface area contributed by atoms with E-state index in [-0.39, 0.29) is 17.4 Å². The molecule has 2 aromatic rings. The van der Waals surface area contributed by atoms with Crippen molar-refractivity contribution in [2.45, 2.75) is 44.2 Å². The molecule has 1 saturated heterocycles. The molecule has 1 aromatic carbocycles. The van der Waals surface area contributed by atoms with Gasteiger partial charge in [-0.1, -0.05) is 28.9 Å². The number of aromatic nitrogens is 1. The number of nitrogens with zero attached hydrogens (tertiary/aromatic N) is 1. The molecule has 0 saturated carbocycles. The second-order valence-corrected chi connectivity index (χ2v) is 6.84. The summed E-state index contributed by atoms with van der Waals surface area (Å²) in [6.45, 7) is 0.339. The first-order valence-electron chi connectivity index (χ1n) is 8.26. The Morgan fingerprint density at radius 1 is 1.32 bits per heavy atom. The zero-order valence-corrected chi connectivity index (χ0v) is 14.5. The van der Waals surface area contributed by atoms with Crippen LogP contribution in [0.5, 0.6) is 0 Å². The number of carbonyl (C=O) groups excluding carboxylic acids is 2. The number of benzene rings is 1. The van der Waals surface area contributed by atoms with Crippen LogP contribution in [0, 0.1) is 0 Å². The molecule has 0 spiro atoms. The highest BCUT2D eigenvalue weighted by Gasteiger charge is 2.37. The molecule has 1 aliphatic rings. The largest absolute Gasteiger partial charge is 0.364 e. The molecule has 6 nitrogen and oxygen atoms in total. The third-order valence-electron chi connectivity index (χ3n) is 4.48. The molecule has 132 valence electrons. The zero-order valence-electron chi connectivity index (χ0n) is 13.8. The lowest BCUT2D eigenvalue weighted by atomic mass is 9.85. The van der Waals surface area contributed by atoms with Crippen LogP contribution in [-0.4, -0.2) is 22.5 Å². The molecule has 0 bridgehead atoms. The Balaban J connectivity index is 1.57. The van der Waals surface area contributed by atoms with E-state index >= 15 is 0 Å². The van der Waals surface area contributed by atoms with Gasteiger partial charge in [0.2, 0.25) is 11.8 Å². The van der Waals surface area contributed by atoms with E-state index in [2.05, 4.69) is 15.8 Å². The van der Waals surface area contributed by atoms with E-state index in [1.807, 2.05) is 24.3 Å². The number of hydrogen-bond donors (Lipinski definition) is 2. The number of amides is 2. The summed E-state index contributed by atoms with van der Waals surface area (Å²) in [6.07, 6.45) is 4.31. The minimum Gasteiger partial charge on any atom is -0.364 e. The van der Waals surface area contributed by atoms with Crippen LogP contribution in [0.3, 0.4) is 0 Å². The third kappa shape index (κ3) is 4.82. The summed E-state index contributed by atoms with van der Waals surface area (Å²) in [5.74, 6) is -0.0309. The minimum absolute atomic E-state index is 0.0389. The van der Waals surface area contributed by atoms with Crippen molar-refractivity contribution in [3.05, 3.63) is 52.9 Å². The van der Waals surface area contributed by atoms with Gasteiger partial charge in [0, 0.05) is 29.5 Å². The highest BCUT2D eigenvalue weighted by atomic mass is 35.5. The van der Waals surface area contributed by atoms with Gasteiger partial charge in [-0.2, -0.15) is 0 Å². The summed E-state index contributed by atoms with van der Waals surface area (Å²) in [5, 5.41) is 10.3. The quantitative estimate of drug-likeness (QED) is 0.794. The molecule has 1 aromatic heterocycles. The SMILES string of the molecule is O=C(CCC1(Cc2ccc(Cl)cc2)CCC(=O)N1)NCc1ccon1. The maximum Gasteiger partial charge on any atom is 0.220 e. The molecule has 1 aliphatic heterocycles. The molecule has 2 N–H and O–H groups in total. The van der Waals surface area contributed by atoms with Crippen LogP contribution >= 0.6 is 11.6 Å². The van der Waals surface area contributed by atoms with Gasteiger partial charge in [-0.3, -0.25) is 9.59 Å². The first-order chi connectivity index (χ1) is 12.0. The van der Waals surface area contributed by atoms with Gasteiger partial charge in [-0.05, 0) is 37.0 Å². The lowest BCUT2D eigenvalue weighted by Crippen LogP contribution is -2.44. The molecule has 7 heteroatoms. The number of nitrogens with one attached hydrogen (secondary N) is 2. The Kier molecular flexibility index (Phi) is 5.38. The van der Waals surface area contributed by atoms with Crippen LogP contribution in [0.4, 0.5) is 0 Å². The predicted octanol–water partition coefficient (Wildman–Crippen LogP) is 2.62. The van der Waals surface area contributed by atoms with Crippen molar-refractivity contribution < 1.29 is 14.1 Å². The van der Waals surface area contributed by atoms with Crippen molar-refractivity contribution in [2.75, 3.05) is 0 Å². The summed E-state index contributed by atoms with van der Waals surface area (Å²) < 4.78 is 4.73. The Bertz CT molecular complexity index is 731. The predicted molar refractivity (Wildman–Crippen MR) is 92.8 cm³/mol. The molecule has 0 radical (unpaired) electrons. The van der Waals surface area contributed by atoms with E-state index < -0.39 is 0 Å². The van der Waals surface area contributed by atoms with Crippen LogP contribution in [-0.2, 0) is 22.6 Å². The van der Waals surface area contributed by atoms with Crippen molar-refractivity contribution in [1.82, 2.24) is 15.8 Å². The van der Waals surface area contributed by atoms with Crippen molar-refractivity contribution in [3.8, 4) is 0 Å². The second-order valence-electron chi connectivity index (χ2n) is 6.40. The summed E-state index contributed by atoms with van der Waals surface area (Å²) in [4.78, 5) is 23.9. The molecule has 1 atom stereocenters. The van der Waals surface area contributed by atoms with Gasteiger partial charge < -0.3 is 15.2 Å². The van der Waals surface area contributed by atoms with E-state index in [1.165, 1.54) is 6.26 Å².